The van der Waals surface area contributed by atoms with Gasteiger partial charge in [0.1, 0.15) is 6.10 Å². The van der Waals surface area contributed by atoms with Gasteiger partial charge in [0.15, 0.2) is 0 Å². The van der Waals surface area contributed by atoms with Gasteiger partial charge in [-0.15, -0.1) is 0 Å². The second-order valence-electron chi connectivity index (χ2n) is 6.20. The summed E-state index contributed by atoms with van der Waals surface area (Å²) in [6, 6.07) is 0.731. The molecule has 2 heterocycles. The van der Waals surface area contributed by atoms with Crippen molar-refractivity contribution < 1.29 is 14.3 Å². The maximum atomic E-state index is 12.6. The summed E-state index contributed by atoms with van der Waals surface area (Å²) in [5.74, 6) is 0.155. The number of ether oxygens (including phenoxy) is 2. The predicted molar refractivity (Wildman–Crippen MR) is 78.6 cm³/mol. The Morgan fingerprint density at radius 2 is 2.15 bits per heavy atom. The molecule has 2 fully saturated rings. The minimum absolute atomic E-state index is 0.155. The lowest BCUT2D eigenvalue weighted by Crippen LogP contribution is -2.52. The summed E-state index contributed by atoms with van der Waals surface area (Å²) in [5, 5.41) is 0. The van der Waals surface area contributed by atoms with Crippen LogP contribution in [0.2, 0.25) is 0 Å². The second-order valence-corrected chi connectivity index (χ2v) is 6.20. The number of hydrogen-bond acceptors (Lipinski definition) is 3. The standard InChI is InChI=1S/C16H29NO3/c1-4-14-8-5-7-12(2)17(14)16(18)13(3)20-11-15-9-6-10-19-15/h12-15H,4-11H2,1-3H3/t12-,13?,14+,15?/m0/s1. The van der Waals surface area contributed by atoms with Crippen LogP contribution in [0.5, 0.6) is 0 Å². The first-order valence-corrected chi connectivity index (χ1v) is 8.18. The average molecular weight is 283 g/mol. The van der Waals surface area contributed by atoms with Crippen LogP contribution >= 0.6 is 0 Å². The van der Waals surface area contributed by atoms with Crippen molar-refractivity contribution in [1.29, 1.82) is 0 Å². The van der Waals surface area contributed by atoms with Crippen LogP contribution < -0.4 is 0 Å². The fourth-order valence-electron chi connectivity index (χ4n) is 3.39. The zero-order valence-electron chi connectivity index (χ0n) is 13.1. The molecule has 0 aliphatic carbocycles. The predicted octanol–water partition coefficient (Wildman–Crippen LogP) is 2.75. The van der Waals surface area contributed by atoms with Crippen LogP contribution in [0.3, 0.4) is 0 Å². The Bertz CT molecular complexity index is 315. The summed E-state index contributed by atoms with van der Waals surface area (Å²) < 4.78 is 11.3. The average Bonchev–Trinajstić information content (AvgIpc) is 2.97. The molecule has 0 aromatic heterocycles. The van der Waals surface area contributed by atoms with Crippen LogP contribution in [0, 0.1) is 0 Å². The summed E-state index contributed by atoms with van der Waals surface area (Å²) in [6.07, 6.45) is 6.50. The van der Waals surface area contributed by atoms with Gasteiger partial charge >= 0.3 is 0 Å². The molecule has 2 rings (SSSR count). The molecule has 4 atom stereocenters. The molecule has 0 radical (unpaired) electrons. The monoisotopic (exact) mass is 283 g/mol. The van der Waals surface area contributed by atoms with E-state index in [9.17, 15) is 4.79 Å². The summed E-state index contributed by atoms with van der Waals surface area (Å²) >= 11 is 0. The Kier molecular flexibility index (Phi) is 5.85. The van der Waals surface area contributed by atoms with E-state index in [0.717, 1.165) is 38.7 Å². The third-order valence-corrected chi connectivity index (χ3v) is 4.66. The van der Waals surface area contributed by atoms with Crippen molar-refractivity contribution in [2.75, 3.05) is 13.2 Å². The molecule has 0 bridgehead atoms. The summed E-state index contributed by atoms with van der Waals surface area (Å²) in [5.41, 5.74) is 0. The highest BCUT2D eigenvalue weighted by Crippen LogP contribution is 2.26. The molecule has 0 aromatic rings. The summed E-state index contributed by atoms with van der Waals surface area (Å²) in [6.45, 7) is 7.59. The van der Waals surface area contributed by atoms with E-state index in [1.807, 2.05) is 6.92 Å². The van der Waals surface area contributed by atoms with Crippen LogP contribution in [-0.2, 0) is 14.3 Å². The number of hydrogen-bond donors (Lipinski definition) is 0. The van der Waals surface area contributed by atoms with E-state index in [0.29, 0.717) is 18.7 Å². The van der Waals surface area contributed by atoms with Crippen molar-refractivity contribution in [3.63, 3.8) is 0 Å². The van der Waals surface area contributed by atoms with E-state index < -0.39 is 0 Å². The third-order valence-electron chi connectivity index (χ3n) is 4.66. The van der Waals surface area contributed by atoms with Gasteiger partial charge in [-0.3, -0.25) is 4.79 Å². The first kappa shape index (κ1) is 15.8. The maximum Gasteiger partial charge on any atom is 0.251 e. The van der Waals surface area contributed by atoms with Crippen molar-refractivity contribution in [3.05, 3.63) is 0 Å². The normalized spacial score (nSPS) is 32.4. The third kappa shape index (κ3) is 3.73. The molecule has 20 heavy (non-hydrogen) atoms. The minimum atomic E-state index is -0.353. The first-order chi connectivity index (χ1) is 9.63. The topological polar surface area (TPSA) is 38.8 Å². The number of likely N-dealkylation sites (tertiary alicyclic amines) is 1. The number of amides is 1. The van der Waals surface area contributed by atoms with Gasteiger partial charge < -0.3 is 14.4 Å². The smallest absolute Gasteiger partial charge is 0.251 e. The van der Waals surface area contributed by atoms with Gasteiger partial charge in [0.2, 0.25) is 0 Å². The fraction of sp³-hybridized carbons (Fsp3) is 0.938. The van der Waals surface area contributed by atoms with Crippen molar-refractivity contribution in [1.82, 2.24) is 4.90 Å². The van der Waals surface area contributed by atoms with Crippen LogP contribution in [-0.4, -0.2) is 48.3 Å². The largest absolute Gasteiger partial charge is 0.376 e. The molecule has 0 aromatic carbocycles. The first-order valence-electron chi connectivity index (χ1n) is 8.18. The lowest BCUT2D eigenvalue weighted by atomic mass is 9.94. The second kappa shape index (κ2) is 7.41. The lowest BCUT2D eigenvalue weighted by molar-refractivity contribution is -0.151. The van der Waals surface area contributed by atoms with Gasteiger partial charge in [-0.25, -0.2) is 0 Å². The highest BCUT2D eigenvalue weighted by molar-refractivity contribution is 5.81. The minimum Gasteiger partial charge on any atom is -0.376 e. The van der Waals surface area contributed by atoms with Crippen LogP contribution in [0.15, 0.2) is 0 Å². The molecule has 0 spiro atoms. The van der Waals surface area contributed by atoms with Gasteiger partial charge in [-0.2, -0.15) is 0 Å². The molecule has 116 valence electrons. The lowest BCUT2D eigenvalue weighted by Gasteiger charge is -2.41. The van der Waals surface area contributed by atoms with Crippen LogP contribution in [0.1, 0.15) is 59.3 Å². The highest BCUT2D eigenvalue weighted by atomic mass is 16.5. The molecule has 4 nitrogen and oxygen atoms in total. The molecule has 0 saturated carbocycles. The summed E-state index contributed by atoms with van der Waals surface area (Å²) in [7, 11) is 0. The molecular weight excluding hydrogens is 254 g/mol. The van der Waals surface area contributed by atoms with E-state index in [2.05, 4.69) is 18.7 Å². The van der Waals surface area contributed by atoms with E-state index in [1.54, 1.807) is 0 Å². The van der Waals surface area contributed by atoms with E-state index in [1.165, 1.54) is 6.42 Å². The van der Waals surface area contributed by atoms with E-state index in [-0.39, 0.29) is 18.1 Å². The van der Waals surface area contributed by atoms with Crippen molar-refractivity contribution in [2.45, 2.75) is 83.6 Å². The van der Waals surface area contributed by atoms with Crippen molar-refractivity contribution in [2.24, 2.45) is 0 Å². The molecule has 2 aliphatic rings. The molecule has 0 N–H and O–H groups in total. The van der Waals surface area contributed by atoms with Gasteiger partial charge in [-0.05, 0) is 52.4 Å². The Morgan fingerprint density at radius 3 is 2.80 bits per heavy atom. The van der Waals surface area contributed by atoms with Gasteiger partial charge in [0.25, 0.3) is 5.91 Å². The van der Waals surface area contributed by atoms with Gasteiger partial charge in [0.05, 0.1) is 12.7 Å². The molecule has 1 amide bonds. The highest BCUT2D eigenvalue weighted by Gasteiger charge is 2.33. The van der Waals surface area contributed by atoms with E-state index >= 15 is 0 Å². The number of piperidine rings is 1. The van der Waals surface area contributed by atoms with E-state index in [4.69, 9.17) is 9.47 Å². The summed E-state index contributed by atoms with van der Waals surface area (Å²) in [4.78, 5) is 14.7. The van der Waals surface area contributed by atoms with Crippen molar-refractivity contribution >= 4 is 5.91 Å². The zero-order valence-corrected chi connectivity index (χ0v) is 13.1. The SMILES string of the molecule is CC[C@@H]1CCC[C@H](C)N1C(=O)C(C)OCC1CCCO1. The van der Waals surface area contributed by atoms with Gasteiger partial charge in [-0.1, -0.05) is 6.92 Å². The Hall–Kier alpha value is -0.610. The maximum absolute atomic E-state index is 12.6. The Labute approximate surface area is 122 Å². The fourth-order valence-corrected chi connectivity index (χ4v) is 3.39. The van der Waals surface area contributed by atoms with Crippen molar-refractivity contribution in [3.8, 4) is 0 Å². The number of carbonyl (C=O) groups is 1. The Morgan fingerprint density at radius 1 is 1.35 bits per heavy atom. The number of rotatable bonds is 5. The molecule has 2 aliphatic heterocycles. The van der Waals surface area contributed by atoms with Gasteiger partial charge in [0, 0.05) is 18.7 Å². The quantitative estimate of drug-likeness (QED) is 0.779. The van der Waals surface area contributed by atoms with Crippen LogP contribution in [0.4, 0.5) is 0 Å². The number of carbonyl (C=O) groups excluding carboxylic acids is 1. The number of nitrogens with zero attached hydrogens (tertiary/aromatic N) is 1. The van der Waals surface area contributed by atoms with Crippen LogP contribution in [0.25, 0.3) is 0 Å². The molecule has 2 saturated heterocycles. The molecule has 2 unspecified atom stereocenters. The zero-order chi connectivity index (χ0) is 14.5. The molecular formula is C16H29NO3. The molecule has 4 heteroatoms. The Balaban J connectivity index is 1.86.